The Balaban J connectivity index is 2.73. The standard InChI is InChI=1S/C11H9BrClN/c1-2-7-5-8-3-4-9(13)6-10(8)14-11(7)12/h3-6H,2H2,1H3. The molecular formula is C11H9BrClN. The predicted octanol–water partition coefficient (Wildman–Crippen LogP) is 4.21. The molecule has 0 saturated heterocycles. The Labute approximate surface area is 96.2 Å². The van der Waals surface area contributed by atoms with Gasteiger partial charge in [-0.25, -0.2) is 4.98 Å². The Morgan fingerprint density at radius 1 is 1.36 bits per heavy atom. The number of benzene rings is 1. The molecule has 0 unspecified atom stereocenters. The molecule has 0 fully saturated rings. The van der Waals surface area contributed by atoms with Crippen LogP contribution < -0.4 is 0 Å². The molecule has 1 nitrogen and oxygen atoms in total. The molecule has 0 amide bonds. The van der Waals surface area contributed by atoms with Gasteiger partial charge in [0.05, 0.1) is 5.52 Å². The fourth-order valence-corrected chi connectivity index (χ4v) is 2.16. The van der Waals surface area contributed by atoms with E-state index in [1.807, 2.05) is 18.2 Å². The van der Waals surface area contributed by atoms with Crippen molar-refractivity contribution in [3.05, 3.63) is 39.5 Å². The van der Waals surface area contributed by atoms with E-state index in [0.717, 1.165) is 26.9 Å². The van der Waals surface area contributed by atoms with E-state index < -0.39 is 0 Å². The monoisotopic (exact) mass is 269 g/mol. The summed E-state index contributed by atoms with van der Waals surface area (Å²) in [6, 6.07) is 7.90. The first kappa shape index (κ1) is 9.94. The van der Waals surface area contributed by atoms with Crippen molar-refractivity contribution in [3.8, 4) is 0 Å². The van der Waals surface area contributed by atoms with Gasteiger partial charge in [0.2, 0.25) is 0 Å². The van der Waals surface area contributed by atoms with Crippen molar-refractivity contribution < 1.29 is 0 Å². The van der Waals surface area contributed by atoms with Crippen LogP contribution in [0, 0.1) is 0 Å². The zero-order chi connectivity index (χ0) is 10.1. The minimum atomic E-state index is 0.723. The summed E-state index contributed by atoms with van der Waals surface area (Å²) in [6.07, 6.45) is 0.978. The highest BCUT2D eigenvalue weighted by atomic mass is 79.9. The van der Waals surface area contributed by atoms with Crippen LogP contribution in [0.25, 0.3) is 10.9 Å². The Morgan fingerprint density at radius 3 is 2.86 bits per heavy atom. The molecule has 14 heavy (non-hydrogen) atoms. The summed E-state index contributed by atoms with van der Waals surface area (Å²) in [5.41, 5.74) is 2.15. The van der Waals surface area contributed by atoms with E-state index in [4.69, 9.17) is 11.6 Å². The Morgan fingerprint density at radius 2 is 2.14 bits per heavy atom. The quantitative estimate of drug-likeness (QED) is 0.707. The third-order valence-corrected chi connectivity index (χ3v) is 3.11. The average Bonchev–Trinajstić information content (AvgIpc) is 2.16. The number of fused-ring (bicyclic) bond motifs is 1. The number of pyridine rings is 1. The van der Waals surface area contributed by atoms with Gasteiger partial charge in [-0.05, 0) is 46.1 Å². The topological polar surface area (TPSA) is 12.9 Å². The highest BCUT2D eigenvalue weighted by Gasteiger charge is 2.02. The third kappa shape index (κ3) is 1.77. The molecule has 1 aromatic carbocycles. The maximum Gasteiger partial charge on any atom is 0.110 e. The zero-order valence-corrected chi connectivity index (χ0v) is 10.1. The van der Waals surface area contributed by atoms with Crippen molar-refractivity contribution in [3.63, 3.8) is 0 Å². The SMILES string of the molecule is CCc1cc2ccc(Cl)cc2nc1Br. The molecule has 0 radical (unpaired) electrons. The molecule has 0 atom stereocenters. The van der Waals surface area contributed by atoms with Crippen LogP contribution in [-0.2, 0) is 6.42 Å². The van der Waals surface area contributed by atoms with Crippen LogP contribution in [0.5, 0.6) is 0 Å². The van der Waals surface area contributed by atoms with Crippen LogP contribution >= 0.6 is 27.5 Å². The summed E-state index contributed by atoms with van der Waals surface area (Å²) >= 11 is 9.34. The molecule has 3 heteroatoms. The van der Waals surface area contributed by atoms with E-state index in [1.165, 1.54) is 5.56 Å². The van der Waals surface area contributed by atoms with Crippen molar-refractivity contribution in [2.75, 3.05) is 0 Å². The maximum atomic E-state index is 5.89. The zero-order valence-electron chi connectivity index (χ0n) is 7.72. The van der Waals surface area contributed by atoms with Gasteiger partial charge in [-0.15, -0.1) is 0 Å². The van der Waals surface area contributed by atoms with Gasteiger partial charge in [-0.1, -0.05) is 24.6 Å². The number of rotatable bonds is 1. The van der Waals surface area contributed by atoms with Gasteiger partial charge >= 0.3 is 0 Å². The first-order chi connectivity index (χ1) is 6.70. The van der Waals surface area contributed by atoms with Gasteiger partial charge in [0.25, 0.3) is 0 Å². The largest absolute Gasteiger partial charge is 0.241 e. The summed E-state index contributed by atoms with van der Waals surface area (Å²) < 4.78 is 0.912. The first-order valence-electron chi connectivity index (χ1n) is 4.45. The van der Waals surface area contributed by atoms with E-state index >= 15 is 0 Å². The van der Waals surface area contributed by atoms with E-state index in [1.54, 1.807) is 0 Å². The van der Waals surface area contributed by atoms with Crippen LogP contribution in [-0.4, -0.2) is 4.98 Å². The highest BCUT2D eigenvalue weighted by molar-refractivity contribution is 9.10. The lowest BCUT2D eigenvalue weighted by Crippen LogP contribution is -1.88. The Hall–Kier alpha value is -0.600. The first-order valence-corrected chi connectivity index (χ1v) is 5.62. The van der Waals surface area contributed by atoms with Crippen molar-refractivity contribution in [2.24, 2.45) is 0 Å². The van der Waals surface area contributed by atoms with Crippen molar-refractivity contribution in [1.29, 1.82) is 0 Å². The fourth-order valence-electron chi connectivity index (χ4n) is 1.41. The molecule has 1 heterocycles. The van der Waals surface area contributed by atoms with Gasteiger partial charge in [0, 0.05) is 10.4 Å². The highest BCUT2D eigenvalue weighted by Crippen LogP contribution is 2.23. The number of halogens is 2. The second kappa shape index (κ2) is 3.87. The van der Waals surface area contributed by atoms with Gasteiger partial charge in [0.15, 0.2) is 0 Å². The Bertz CT molecular complexity index is 482. The van der Waals surface area contributed by atoms with Crippen LogP contribution in [0.15, 0.2) is 28.9 Å². The van der Waals surface area contributed by atoms with Gasteiger partial charge in [-0.2, -0.15) is 0 Å². The van der Waals surface area contributed by atoms with Crippen LogP contribution in [0.3, 0.4) is 0 Å². The molecule has 72 valence electrons. The molecule has 0 bridgehead atoms. The number of aromatic nitrogens is 1. The third-order valence-electron chi connectivity index (χ3n) is 2.19. The summed E-state index contributed by atoms with van der Waals surface area (Å²) in [7, 11) is 0. The molecule has 0 aliphatic rings. The van der Waals surface area contributed by atoms with E-state index in [2.05, 4.69) is 33.9 Å². The van der Waals surface area contributed by atoms with Gasteiger partial charge in [0.1, 0.15) is 4.60 Å². The molecule has 0 spiro atoms. The van der Waals surface area contributed by atoms with Gasteiger partial charge < -0.3 is 0 Å². The van der Waals surface area contributed by atoms with Crippen LogP contribution in [0.4, 0.5) is 0 Å². The van der Waals surface area contributed by atoms with Crippen molar-refractivity contribution >= 4 is 38.4 Å². The average molecular weight is 271 g/mol. The number of aryl methyl sites for hydroxylation is 1. The maximum absolute atomic E-state index is 5.89. The predicted molar refractivity (Wildman–Crippen MR) is 63.8 cm³/mol. The second-order valence-electron chi connectivity index (χ2n) is 3.13. The number of hydrogen-bond acceptors (Lipinski definition) is 1. The van der Waals surface area contributed by atoms with E-state index in [0.29, 0.717) is 0 Å². The minimum absolute atomic E-state index is 0.723. The summed E-state index contributed by atoms with van der Waals surface area (Å²) in [5, 5.41) is 1.86. The van der Waals surface area contributed by atoms with Gasteiger partial charge in [-0.3, -0.25) is 0 Å². The summed E-state index contributed by atoms with van der Waals surface area (Å²) in [6.45, 7) is 2.11. The lowest BCUT2D eigenvalue weighted by atomic mass is 10.1. The molecule has 0 N–H and O–H groups in total. The molecular weight excluding hydrogens is 261 g/mol. The van der Waals surface area contributed by atoms with Crippen molar-refractivity contribution in [1.82, 2.24) is 4.98 Å². The fraction of sp³-hybridized carbons (Fsp3) is 0.182. The number of hydrogen-bond donors (Lipinski definition) is 0. The molecule has 0 aliphatic carbocycles. The van der Waals surface area contributed by atoms with E-state index in [9.17, 15) is 0 Å². The molecule has 0 saturated carbocycles. The van der Waals surface area contributed by atoms with E-state index in [-0.39, 0.29) is 0 Å². The number of nitrogens with zero attached hydrogens (tertiary/aromatic N) is 1. The second-order valence-corrected chi connectivity index (χ2v) is 4.32. The Kier molecular flexibility index (Phi) is 2.75. The summed E-state index contributed by atoms with van der Waals surface area (Å²) in [4.78, 5) is 4.44. The molecule has 1 aromatic heterocycles. The molecule has 2 aromatic rings. The van der Waals surface area contributed by atoms with Crippen LogP contribution in [0.1, 0.15) is 12.5 Å². The van der Waals surface area contributed by atoms with Crippen LogP contribution in [0.2, 0.25) is 5.02 Å². The lowest BCUT2D eigenvalue weighted by Gasteiger charge is -2.03. The summed E-state index contributed by atoms with van der Waals surface area (Å²) in [5.74, 6) is 0. The normalized spacial score (nSPS) is 10.8. The molecule has 0 aliphatic heterocycles. The molecule has 2 rings (SSSR count). The smallest absolute Gasteiger partial charge is 0.110 e. The minimum Gasteiger partial charge on any atom is -0.241 e. The van der Waals surface area contributed by atoms with Crippen molar-refractivity contribution in [2.45, 2.75) is 13.3 Å². The lowest BCUT2D eigenvalue weighted by molar-refractivity contribution is 1.10.